The normalized spacial score (nSPS) is 11.7. The molecule has 0 fully saturated rings. The quantitative estimate of drug-likeness (QED) is 0.831. The first-order chi connectivity index (χ1) is 10.9. The summed E-state index contributed by atoms with van der Waals surface area (Å²) in [5.74, 6) is -1.38. The Morgan fingerprint density at radius 1 is 1.13 bits per heavy atom. The van der Waals surface area contributed by atoms with Gasteiger partial charge >= 0.3 is 11.8 Å². The number of rotatable bonds is 4. The molecule has 0 saturated carbocycles. The fraction of sp³-hybridized carbons (Fsp3) is 0.250. The SMILES string of the molecule is CC(NC(=O)C(=O)Nc1ccccc1N(C)C)c1ccc(Cl)s1. The molecule has 0 aliphatic carbocycles. The fourth-order valence-corrected chi connectivity index (χ4v) is 3.11. The number of thiophene rings is 1. The summed E-state index contributed by atoms with van der Waals surface area (Å²) in [6.45, 7) is 1.81. The van der Waals surface area contributed by atoms with Gasteiger partial charge in [-0.3, -0.25) is 9.59 Å². The monoisotopic (exact) mass is 351 g/mol. The molecule has 0 aliphatic rings. The number of carbonyl (C=O) groups excluding carboxylic acids is 2. The van der Waals surface area contributed by atoms with Gasteiger partial charge in [0.05, 0.1) is 21.8 Å². The van der Waals surface area contributed by atoms with Crippen molar-refractivity contribution in [2.75, 3.05) is 24.3 Å². The van der Waals surface area contributed by atoms with Crippen molar-refractivity contribution in [1.82, 2.24) is 5.32 Å². The van der Waals surface area contributed by atoms with Gasteiger partial charge in [0.1, 0.15) is 0 Å². The Hall–Kier alpha value is -2.05. The van der Waals surface area contributed by atoms with Crippen molar-refractivity contribution >= 4 is 46.1 Å². The van der Waals surface area contributed by atoms with Crippen LogP contribution in [0.4, 0.5) is 11.4 Å². The first-order valence-electron chi connectivity index (χ1n) is 7.02. The van der Waals surface area contributed by atoms with Crippen molar-refractivity contribution in [2.45, 2.75) is 13.0 Å². The second kappa shape index (κ2) is 7.48. The van der Waals surface area contributed by atoms with E-state index in [1.54, 1.807) is 25.1 Å². The maximum absolute atomic E-state index is 12.1. The van der Waals surface area contributed by atoms with E-state index >= 15 is 0 Å². The second-order valence-electron chi connectivity index (χ2n) is 5.20. The molecule has 1 aromatic heterocycles. The maximum Gasteiger partial charge on any atom is 0.313 e. The van der Waals surface area contributed by atoms with Crippen LogP contribution in [0.2, 0.25) is 4.34 Å². The first-order valence-corrected chi connectivity index (χ1v) is 8.21. The Morgan fingerprint density at radius 3 is 2.43 bits per heavy atom. The minimum atomic E-state index is -0.700. The van der Waals surface area contributed by atoms with Gasteiger partial charge in [0.25, 0.3) is 0 Å². The van der Waals surface area contributed by atoms with Gasteiger partial charge in [-0.15, -0.1) is 11.3 Å². The number of carbonyl (C=O) groups is 2. The van der Waals surface area contributed by atoms with Crippen molar-refractivity contribution in [1.29, 1.82) is 0 Å². The van der Waals surface area contributed by atoms with Crippen molar-refractivity contribution < 1.29 is 9.59 Å². The van der Waals surface area contributed by atoms with E-state index < -0.39 is 11.8 Å². The zero-order valence-electron chi connectivity index (χ0n) is 13.1. The van der Waals surface area contributed by atoms with Gasteiger partial charge in [-0.05, 0) is 31.2 Å². The van der Waals surface area contributed by atoms with Gasteiger partial charge < -0.3 is 15.5 Å². The molecular formula is C16H18ClN3O2S. The molecule has 0 saturated heterocycles. The van der Waals surface area contributed by atoms with Crippen LogP contribution in [0.5, 0.6) is 0 Å². The summed E-state index contributed by atoms with van der Waals surface area (Å²) in [4.78, 5) is 26.9. The summed E-state index contributed by atoms with van der Waals surface area (Å²) in [7, 11) is 3.74. The summed E-state index contributed by atoms with van der Waals surface area (Å²) in [5.41, 5.74) is 1.41. The number of nitrogens with one attached hydrogen (secondary N) is 2. The lowest BCUT2D eigenvalue weighted by molar-refractivity contribution is -0.136. The molecule has 2 amide bonds. The third kappa shape index (κ3) is 4.46. The lowest BCUT2D eigenvalue weighted by Gasteiger charge is -2.18. The molecule has 7 heteroatoms. The van der Waals surface area contributed by atoms with Gasteiger partial charge in [0.15, 0.2) is 0 Å². The molecule has 0 bridgehead atoms. The highest BCUT2D eigenvalue weighted by atomic mass is 35.5. The number of para-hydroxylation sites is 2. The van der Waals surface area contributed by atoms with Gasteiger partial charge in [0, 0.05) is 19.0 Å². The number of anilines is 2. The fourth-order valence-electron chi connectivity index (χ4n) is 2.04. The average molecular weight is 352 g/mol. The predicted octanol–water partition coefficient (Wildman–Crippen LogP) is 3.28. The smallest absolute Gasteiger partial charge is 0.313 e. The molecule has 122 valence electrons. The van der Waals surface area contributed by atoms with Crippen LogP contribution >= 0.6 is 22.9 Å². The molecule has 0 aliphatic heterocycles. The van der Waals surface area contributed by atoms with E-state index in [0.717, 1.165) is 10.6 Å². The highest BCUT2D eigenvalue weighted by Crippen LogP contribution is 2.27. The first kappa shape index (κ1) is 17.3. The van der Waals surface area contributed by atoms with Gasteiger partial charge in [-0.1, -0.05) is 23.7 Å². The number of hydrogen-bond acceptors (Lipinski definition) is 4. The molecule has 23 heavy (non-hydrogen) atoms. The summed E-state index contributed by atoms with van der Waals surface area (Å²) in [5, 5.41) is 5.30. The molecular weight excluding hydrogens is 334 g/mol. The molecule has 1 aromatic carbocycles. The second-order valence-corrected chi connectivity index (χ2v) is 6.95. The lowest BCUT2D eigenvalue weighted by atomic mass is 10.2. The minimum absolute atomic E-state index is 0.283. The predicted molar refractivity (Wildman–Crippen MR) is 95.3 cm³/mol. The van der Waals surface area contributed by atoms with Crippen LogP contribution in [0.25, 0.3) is 0 Å². The summed E-state index contributed by atoms with van der Waals surface area (Å²) < 4.78 is 0.644. The van der Waals surface area contributed by atoms with E-state index in [2.05, 4.69) is 10.6 Å². The number of nitrogens with zero attached hydrogens (tertiary/aromatic N) is 1. The zero-order valence-corrected chi connectivity index (χ0v) is 14.7. The molecule has 0 spiro atoms. The molecule has 5 nitrogen and oxygen atoms in total. The van der Waals surface area contributed by atoms with Crippen LogP contribution in [0.3, 0.4) is 0 Å². The van der Waals surface area contributed by atoms with E-state index in [1.807, 2.05) is 37.2 Å². The number of halogens is 1. The highest BCUT2D eigenvalue weighted by molar-refractivity contribution is 7.16. The molecule has 2 aromatic rings. The standard InChI is InChI=1S/C16H18ClN3O2S/c1-10(13-8-9-14(17)23-13)18-15(21)16(22)19-11-6-4-5-7-12(11)20(2)3/h4-10H,1-3H3,(H,18,21)(H,19,22). The Labute approximate surface area is 144 Å². The van der Waals surface area contributed by atoms with Gasteiger partial charge in [0.2, 0.25) is 0 Å². The highest BCUT2D eigenvalue weighted by Gasteiger charge is 2.19. The number of amides is 2. The average Bonchev–Trinajstić information content (AvgIpc) is 2.94. The molecule has 1 atom stereocenters. The Morgan fingerprint density at radius 2 is 1.83 bits per heavy atom. The third-order valence-electron chi connectivity index (χ3n) is 3.21. The maximum atomic E-state index is 12.1. The van der Waals surface area contributed by atoms with E-state index in [0.29, 0.717) is 10.0 Å². The van der Waals surface area contributed by atoms with E-state index in [-0.39, 0.29) is 6.04 Å². The van der Waals surface area contributed by atoms with Crippen LogP contribution in [0, 0.1) is 0 Å². The summed E-state index contributed by atoms with van der Waals surface area (Å²) >= 11 is 7.25. The van der Waals surface area contributed by atoms with Crippen LogP contribution in [-0.4, -0.2) is 25.9 Å². The Bertz CT molecular complexity index is 715. The Kier molecular flexibility index (Phi) is 5.63. The van der Waals surface area contributed by atoms with E-state index in [1.165, 1.54) is 11.3 Å². The van der Waals surface area contributed by atoms with Gasteiger partial charge in [-0.2, -0.15) is 0 Å². The van der Waals surface area contributed by atoms with Crippen molar-refractivity contribution in [2.24, 2.45) is 0 Å². The topological polar surface area (TPSA) is 61.4 Å². The molecule has 2 rings (SSSR count). The van der Waals surface area contributed by atoms with Crippen molar-refractivity contribution in [3.05, 3.63) is 45.6 Å². The lowest BCUT2D eigenvalue weighted by Crippen LogP contribution is -2.36. The van der Waals surface area contributed by atoms with Gasteiger partial charge in [-0.25, -0.2) is 0 Å². The van der Waals surface area contributed by atoms with Crippen LogP contribution in [-0.2, 0) is 9.59 Å². The van der Waals surface area contributed by atoms with Crippen LogP contribution in [0.15, 0.2) is 36.4 Å². The number of hydrogen-bond donors (Lipinski definition) is 2. The Balaban J connectivity index is 2.02. The summed E-state index contributed by atoms with van der Waals surface area (Å²) in [6.07, 6.45) is 0. The number of benzene rings is 1. The van der Waals surface area contributed by atoms with Crippen LogP contribution < -0.4 is 15.5 Å². The van der Waals surface area contributed by atoms with Crippen molar-refractivity contribution in [3.63, 3.8) is 0 Å². The van der Waals surface area contributed by atoms with E-state index in [9.17, 15) is 9.59 Å². The molecule has 2 N–H and O–H groups in total. The third-order valence-corrected chi connectivity index (χ3v) is 4.62. The minimum Gasteiger partial charge on any atom is -0.376 e. The molecule has 0 radical (unpaired) electrons. The zero-order chi connectivity index (χ0) is 17.0. The van der Waals surface area contributed by atoms with Crippen molar-refractivity contribution in [3.8, 4) is 0 Å². The van der Waals surface area contributed by atoms with E-state index in [4.69, 9.17) is 11.6 Å². The molecule has 1 unspecified atom stereocenters. The van der Waals surface area contributed by atoms with Crippen LogP contribution in [0.1, 0.15) is 17.8 Å². The molecule has 1 heterocycles. The largest absolute Gasteiger partial charge is 0.376 e. The summed E-state index contributed by atoms with van der Waals surface area (Å²) in [6, 6.07) is 10.6.